The van der Waals surface area contributed by atoms with Gasteiger partial charge in [-0.05, 0) is 96.0 Å². The molecule has 0 aliphatic heterocycles. The van der Waals surface area contributed by atoms with Crippen LogP contribution in [0.5, 0.6) is 0 Å². The van der Waals surface area contributed by atoms with Gasteiger partial charge in [-0.15, -0.1) is 0 Å². The number of phosphoric acid groups is 1. The fraction of sp³-hybridized carbons (Fsp3) is 0.797. The minimum Gasteiger partial charge on any atom is -0.756 e. The van der Waals surface area contributed by atoms with Crippen molar-refractivity contribution >= 4 is 19.7 Å². The third-order valence-electron chi connectivity index (χ3n) is 12.4. The predicted octanol–water partition coefficient (Wildman–Crippen LogP) is 16.5. The highest BCUT2D eigenvalue weighted by Crippen LogP contribution is 2.38. The Balaban J connectivity index is 5.44. The van der Waals surface area contributed by atoms with Gasteiger partial charge in [-0.1, -0.05) is 204 Å². The van der Waals surface area contributed by atoms with Crippen LogP contribution in [0.4, 0.5) is 0 Å². The summed E-state index contributed by atoms with van der Waals surface area (Å²) in [5, 5.41) is 3.00. The Labute approximate surface area is 426 Å². The van der Waals surface area contributed by atoms with Gasteiger partial charge in [-0.3, -0.25) is 14.2 Å². The van der Waals surface area contributed by atoms with Crippen molar-refractivity contribution in [3.8, 4) is 0 Å². The molecule has 0 spiro atoms. The maximum Gasteiger partial charge on any atom is 0.306 e. The van der Waals surface area contributed by atoms with Gasteiger partial charge in [-0.25, -0.2) is 0 Å². The molecule has 0 saturated heterocycles. The van der Waals surface area contributed by atoms with Crippen molar-refractivity contribution < 1.29 is 37.3 Å². The standard InChI is InChI=1S/C59H109N2O7P/c1-7-10-13-16-19-22-25-28-29-30-31-34-36-39-42-45-48-51-58(62)60-56(55-67-69(64,65)66-54-53-61(4,5)6)57(50-47-44-41-38-35-32-26-23-20-17-14-11-8-2)68-59(63)52-49-46-43-40-37-33-27-24-21-18-15-12-9-3/h19,22,28-29,31,33-34,37,47,50,56-57H,7-18,20-21,23-27,30,32,35-36,38-46,48-49,51-55H2,1-6H3,(H-,60,62,64,65)/b22-19-,29-28-,34-31-,37-33-,50-47-. The van der Waals surface area contributed by atoms with Gasteiger partial charge in [0.25, 0.3) is 7.82 Å². The largest absolute Gasteiger partial charge is 0.756 e. The summed E-state index contributed by atoms with van der Waals surface area (Å²) in [4.78, 5) is 39.8. The highest BCUT2D eigenvalue weighted by atomic mass is 31.2. The lowest BCUT2D eigenvalue weighted by Gasteiger charge is -2.30. The highest BCUT2D eigenvalue weighted by molar-refractivity contribution is 7.45. The molecule has 0 aliphatic carbocycles. The molecule has 1 amide bonds. The molecule has 0 bridgehead atoms. The third kappa shape index (κ3) is 50.4. The summed E-state index contributed by atoms with van der Waals surface area (Å²) in [7, 11) is 1.16. The Morgan fingerprint density at radius 1 is 0.507 bits per heavy atom. The molecule has 1 N–H and O–H groups in total. The van der Waals surface area contributed by atoms with Crippen LogP contribution in [0.25, 0.3) is 0 Å². The summed E-state index contributed by atoms with van der Waals surface area (Å²) < 4.78 is 30.2. The van der Waals surface area contributed by atoms with E-state index in [-0.39, 0.29) is 31.3 Å². The molecule has 10 heteroatoms. The zero-order valence-electron chi connectivity index (χ0n) is 45.8. The summed E-state index contributed by atoms with van der Waals surface area (Å²) in [5.74, 6) is -0.584. The number of rotatable bonds is 51. The fourth-order valence-corrected chi connectivity index (χ4v) is 8.66. The van der Waals surface area contributed by atoms with Crippen molar-refractivity contribution in [2.24, 2.45) is 0 Å². The lowest BCUT2D eigenvalue weighted by molar-refractivity contribution is -0.870. The second-order valence-electron chi connectivity index (χ2n) is 20.4. The lowest BCUT2D eigenvalue weighted by Crippen LogP contribution is -2.47. The van der Waals surface area contributed by atoms with Crippen LogP contribution in [-0.4, -0.2) is 69.4 Å². The maximum absolute atomic E-state index is 13.5. The van der Waals surface area contributed by atoms with Gasteiger partial charge in [0.2, 0.25) is 5.91 Å². The Morgan fingerprint density at radius 2 is 0.884 bits per heavy atom. The van der Waals surface area contributed by atoms with Crippen molar-refractivity contribution in [1.29, 1.82) is 0 Å². The van der Waals surface area contributed by atoms with Gasteiger partial charge in [0.1, 0.15) is 19.3 Å². The number of quaternary nitrogens is 1. The summed E-state index contributed by atoms with van der Waals surface area (Å²) in [6, 6.07) is -0.905. The fourth-order valence-electron chi connectivity index (χ4n) is 7.93. The molecule has 9 nitrogen and oxygen atoms in total. The van der Waals surface area contributed by atoms with Gasteiger partial charge in [0, 0.05) is 12.8 Å². The van der Waals surface area contributed by atoms with Crippen LogP contribution in [0, 0.1) is 0 Å². The Morgan fingerprint density at radius 3 is 1.38 bits per heavy atom. The first-order valence-electron chi connectivity index (χ1n) is 28.6. The second-order valence-corrected chi connectivity index (χ2v) is 21.8. The van der Waals surface area contributed by atoms with E-state index in [0.717, 1.165) is 83.5 Å². The van der Waals surface area contributed by atoms with Crippen molar-refractivity contribution in [2.45, 2.75) is 264 Å². The summed E-state index contributed by atoms with van der Waals surface area (Å²) >= 11 is 0. The molecule has 3 unspecified atom stereocenters. The average Bonchev–Trinajstić information content (AvgIpc) is 3.31. The summed E-state index contributed by atoms with van der Waals surface area (Å²) in [6.07, 6.45) is 60.4. The number of esters is 1. The van der Waals surface area contributed by atoms with Crippen LogP contribution in [0.15, 0.2) is 60.8 Å². The Hall–Kier alpha value is -2.29. The van der Waals surface area contributed by atoms with Crippen LogP contribution in [-0.2, 0) is 27.9 Å². The smallest absolute Gasteiger partial charge is 0.306 e. The Bertz CT molecular complexity index is 1370. The molecular weight excluding hydrogens is 880 g/mol. The highest BCUT2D eigenvalue weighted by Gasteiger charge is 2.27. The molecule has 0 saturated carbocycles. The number of amides is 1. The van der Waals surface area contributed by atoms with Crippen LogP contribution in [0.2, 0.25) is 0 Å². The number of likely N-dealkylation sites (N-methyl/N-ethyl adjacent to an activating group) is 1. The molecule has 3 atom stereocenters. The number of carbonyl (C=O) groups excluding carboxylic acids is 2. The third-order valence-corrected chi connectivity index (χ3v) is 13.4. The number of hydrogen-bond acceptors (Lipinski definition) is 7. The molecule has 0 aliphatic rings. The van der Waals surface area contributed by atoms with Crippen molar-refractivity contribution in [2.75, 3.05) is 40.9 Å². The number of phosphoric ester groups is 1. The number of nitrogens with zero attached hydrogens (tertiary/aromatic N) is 1. The molecule has 0 radical (unpaired) electrons. The zero-order valence-corrected chi connectivity index (χ0v) is 46.7. The molecule has 69 heavy (non-hydrogen) atoms. The number of unbranched alkanes of at least 4 members (excludes halogenated alkanes) is 27. The molecule has 0 fully saturated rings. The van der Waals surface area contributed by atoms with E-state index in [9.17, 15) is 19.0 Å². The summed E-state index contributed by atoms with van der Waals surface area (Å²) in [5.41, 5.74) is 0. The number of nitrogens with one attached hydrogen (secondary N) is 1. The molecule has 0 aromatic carbocycles. The van der Waals surface area contributed by atoms with Crippen LogP contribution >= 0.6 is 7.82 Å². The van der Waals surface area contributed by atoms with Gasteiger partial charge < -0.3 is 28.5 Å². The molecule has 0 heterocycles. The maximum atomic E-state index is 13.5. The number of ether oxygens (including phenoxy) is 1. The van der Waals surface area contributed by atoms with E-state index in [2.05, 4.69) is 74.7 Å². The first-order valence-corrected chi connectivity index (χ1v) is 30.1. The van der Waals surface area contributed by atoms with Crippen molar-refractivity contribution in [1.82, 2.24) is 5.32 Å². The van der Waals surface area contributed by atoms with E-state index in [1.165, 1.54) is 122 Å². The average molecular weight is 990 g/mol. The Kier molecular flexibility index (Phi) is 47.7. The molecule has 0 aromatic heterocycles. The van der Waals surface area contributed by atoms with Gasteiger partial charge >= 0.3 is 5.97 Å². The van der Waals surface area contributed by atoms with Gasteiger partial charge in [0.05, 0.1) is 33.8 Å². The zero-order chi connectivity index (χ0) is 50.8. The molecule has 0 aromatic rings. The second kappa shape index (κ2) is 49.3. The van der Waals surface area contributed by atoms with Crippen LogP contribution in [0.3, 0.4) is 0 Å². The molecule has 0 rings (SSSR count). The first kappa shape index (κ1) is 66.7. The summed E-state index contributed by atoms with van der Waals surface area (Å²) in [6.45, 7) is 6.77. The van der Waals surface area contributed by atoms with E-state index in [4.69, 9.17) is 13.8 Å². The molecule has 402 valence electrons. The quantitative estimate of drug-likeness (QED) is 0.0212. The van der Waals surface area contributed by atoms with Crippen molar-refractivity contribution in [3.63, 3.8) is 0 Å². The number of carbonyl (C=O) groups is 2. The topological polar surface area (TPSA) is 114 Å². The van der Waals surface area contributed by atoms with Gasteiger partial charge in [0.15, 0.2) is 0 Å². The normalized spacial score (nSPS) is 14.2. The minimum atomic E-state index is -4.70. The van der Waals surface area contributed by atoms with E-state index in [1.807, 2.05) is 33.3 Å². The first-order chi connectivity index (χ1) is 33.4. The number of hydrogen-bond donors (Lipinski definition) is 1. The SMILES string of the molecule is CCCCC/C=C\C/C=C\C/C=C\CCCCCCC(=O)NC(COP(=O)([O-])OCC[N+](C)(C)C)C(/C=C\CCCCCCCCCCCCC)OC(=O)CCCCC/C=C\CCCCCCCC. The van der Waals surface area contributed by atoms with Gasteiger partial charge in [-0.2, -0.15) is 0 Å². The molecular formula is C59H109N2O7P. The lowest BCUT2D eigenvalue weighted by atomic mass is 10.0. The van der Waals surface area contributed by atoms with E-state index in [0.29, 0.717) is 23.9 Å². The predicted molar refractivity (Wildman–Crippen MR) is 293 cm³/mol. The van der Waals surface area contributed by atoms with E-state index >= 15 is 0 Å². The van der Waals surface area contributed by atoms with E-state index in [1.54, 1.807) is 0 Å². The van der Waals surface area contributed by atoms with E-state index < -0.39 is 26.6 Å². The monoisotopic (exact) mass is 989 g/mol. The van der Waals surface area contributed by atoms with Crippen molar-refractivity contribution in [3.05, 3.63) is 60.8 Å². The van der Waals surface area contributed by atoms with Crippen LogP contribution in [0.1, 0.15) is 252 Å². The number of allylic oxidation sites excluding steroid dienone is 9. The van der Waals surface area contributed by atoms with Crippen LogP contribution < -0.4 is 10.2 Å². The minimum absolute atomic E-state index is 0.0303.